The number of carbonyl (C=O) groups excluding carboxylic acids is 3. The highest BCUT2D eigenvalue weighted by molar-refractivity contribution is 7.14. The maximum absolute atomic E-state index is 12.8. The molecule has 2 aliphatic rings. The van der Waals surface area contributed by atoms with E-state index < -0.39 is 0 Å². The molecule has 2 aliphatic heterocycles. The Morgan fingerprint density at radius 2 is 1.78 bits per heavy atom. The van der Waals surface area contributed by atoms with Crippen LogP contribution in [0.15, 0.2) is 47.8 Å². The molecule has 4 rings (SSSR count). The van der Waals surface area contributed by atoms with Gasteiger partial charge in [-0.1, -0.05) is 18.2 Å². The molecule has 0 saturated carbocycles. The first-order valence-electron chi connectivity index (χ1n) is 8.91. The molecule has 1 aromatic carbocycles. The van der Waals surface area contributed by atoms with E-state index in [1.54, 1.807) is 21.9 Å². The third-order valence-electron chi connectivity index (χ3n) is 4.95. The van der Waals surface area contributed by atoms with Crippen molar-refractivity contribution in [2.24, 2.45) is 0 Å². The summed E-state index contributed by atoms with van der Waals surface area (Å²) in [7, 11) is 0. The molecule has 0 aliphatic carbocycles. The summed E-state index contributed by atoms with van der Waals surface area (Å²) < 4.78 is 0. The minimum atomic E-state index is -0.271. The molecular formula is C19H20N4O3S. The maximum Gasteiger partial charge on any atom is 0.332 e. The van der Waals surface area contributed by atoms with Gasteiger partial charge in [0.15, 0.2) is 0 Å². The van der Waals surface area contributed by atoms with Crippen LogP contribution in [0.3, 0.4) is 0 Å². The minimum Gasteiger partial charge on any atom is -0.324 e. The van der Waals surface area contributed by atoms with E-state index in [4.69, 9.17) is 0 Å². The van der Waals surface area contributed by atoms with E-state index in [0.29, 0.717) is 31.6 Å². The predicted molar refractivity (Wildman–Crippen MR) is 104 cm³/mol. The fourth-order valence-electron chi connectivity index (χ4n) is 3.55. The number of hydrogen-bond donors (Lipinski definition) is 1. The minimum absolute atomic E-state index is 0.0269. The van der Waals surface area contributed by atoms with Gasteiger partial charge < -0.3 is 9.80 Å². The van der Waals surface area contributed by atoms with Gasteiger partial charge in [-0.05, 0) is 42.5 Å². The molecule has 0 unspecified atom stereocenters. The van der Waals surface area contributed by atoms with E-state index in [0.717, 1.165) is 5.00 Å². The van der Waals surface area contributed by atoms with Crippen molar-refractivity contribution < 1.29 is 14.4 Å². The molecule has 0 spiro atoms. The normalized spacial score (nSPS) is 18.3. The summed E-state index contributed by atoms with van der Waals surface area (Å²) in [4.78, 5) is 42.1. The second kappa shape index (κ2) is 7.40. The molecule has 7 nitrogen and oxygen atoms in total. The standard InChI is InChI=1S/C19H20N4O3S/c24-17-13-22(19(26)23(17)15-5-2-1-3-6-15)14-8-10-21(11-9-14)18(25)20-16-7-4-12-27-16/h1-7,12,14H,8-11,13H2,(H,20,25). The molecule has 1 aromatic heterocycles. The number of para-hydroxylation sites is 1. The van der Waals surface area contributed by atoms with Crippen molar-refractivity contribution in [3.63, 3.8) is 0 Å². The van der Waals surface area contributed by atoms with Crippen molar-refractivity contribution >= 4 is 40.0 Å². The molecule has 0 bridgehead atoms. The highest BCUT2D eigenvalue weighted by atomic mass is 32.1. The molecule has 27 heavy (non-hydrogen) atoms. The van der Waals surface area contributed by atoms with Gasteiger partial charge in [-0.2, -0.15) is 0 Å². The Bertz CT molecular complexity index is 832. The molecule has 8 heteroatoms. The lowest BCUT2D eigenvalue weighted by Gasteiger charge is -2.36. The van der Waals surface area contributed by atoms with Crippen molar-refractivity contribution in [3.8, 4) is 0 Å². The van der Waals surface area contributed by atoms with Gasteiger partial charge in [-0.15, -0.1) is 11.3 Å². The quantitative estimate of drug-likeness (QED) is 0.826. The first kappa shape index (κ1) is 17.5. The number of carbonyl (C=O) groups is 3. The van der Waals surface area contributed by atoms with E-state index in [2.05, 4.69) is 5.32 Å². The van der Waals surface area contributed by atoms with Crippen molar-refractivity contribution in [3.05, 3.63) is 47.8 Å². The van der Waals surface area contributed by atoms with Crippen LogP contribution in [0.2, 0.25) is 0 Å². The summed E-state index contributed by atoms with van der Waals surface area (Å²) in [6, 6.07) is 12.3. The molecule has 2 saturated heterocycles. The van der Waals surface area contributed by atoms with Crippen LogP contribution >= 0.6 is 11.3 Å². The molecule has 2 fully saturated rings. The molecule has 3 heterocycles. The molecule has 140 valence electrons. The number of nitrogens with one attached hydrogen (secondary N) is 1. The Morgan fingerprint density at radius 1 is 1.04 bits per heavy atom. The van der Waals surface area contributed by atoms with Crippen molar-refractivity contribution in [1.29, 1.82) is 0 Å². The Hall–Kier alpha value is -2.87. The monoisotopic (exact) mass is 384 g/mol. The van der Waals surface area contributed by atoms with Gasteiger partial charge >= 0.3 is 12.1 Å². The zero-order valence-corrected chi connectivity index (χ0v) is 15.5. The highest BCUT2D eigenvalue weighted by Crippen LogP contribution is 2.26. The number of anilines is 2. The molecule has 2 aromatic rings. The lowest BCUT2D eigenvalue weighted by molar-refractivity contribution is -0.116. The highest BCUT2D eigenvalue weighted by Gasteiger charge is 2.41. The zero-order valence-electron chi connectivity index (χ0n) is 14.7. The van der Waals surface area contributed by atoms with E-state index in [1.165, 1.54) is 16.2 Å². The molecule has 1 N–H and O–H groups in total. The summed E-state index contributed by atoms with van der Waals surface area (Å²) in [5.41, 5.74) is 0.600. The average molecular weight is 384 g/mol. The Balaban J connectivity index is 1.36. The number of likely N-dealkylation sites (tertiary alicyclic amines) is 1. The second-order valence-electron chi connectivity index (χ2n) is 6.60. The Labute approximate surface area is 161 Å². The summed E-state index contributed by atoms with van der Waals surface area (Å²) in [6.45, 7) is 1.22. The largest absolute Gasteiger partial charge is 0.332 e. The molecular weight excluding hydrogens is 364 g/mol. The van der Waals surface area contributed by atoms with E-state index in [9.17, 15) is 14.4 Å². The number of rotatable bonds is 3. The van der Waals surface area contributed by atoms with Crippen LogP contribution in [0.5, 0.6) is 0 Å². The van der Waals surface area contributed by atoms with Gasteiger partial charge in [-0.3, -0.25) is 10.1 Å². The number of imide groups is 1. The van der Waals surface area contributed by atoms with Crippen LogP contribution in [0.4, 0.5) is 20.3 Å². The van der Waals surface area contributed by atoms with Crippen LogP contribution in [-0.4, -0.2) is 53.4 Å². The van der Waals surface area contributed by atoms with Crippen LogP contribution in [0, 0.1) is 0 Å². The second-order valence-corrected chi connectivity index (χ2v) is 7.55. The van der Waals surface area contributed by atoms with Crippen LogP contribution in [-0.2, 0) is 4.79 Å². The topological polar surface area (TPSA) is 73.0 Å². The first-order valence-corrected chi connectivity index (χ1v) is 9.79. The summed E-state index contributed by atoms with van der Waals surface area (Å²) in [6.07, 6.45) is 1.33. The van der Waals surface area contributed by atoms with Crippen molar-refractivity contribution in [2.75, 3.05) is 29.9 Å². The van der Waals surface area contributed by atoms with Gasteiger partial charge in [0.2, 0.25) is 0 Å². The number of benzene rings is 1. The van der Waals surface area contributed by atoms with Gasteiger partial charge in [0.1, 0.15) is 6.54 Å². The van der Waals surface area contributed by atoms with Gasteiger partial charge in [0.25, 0.3) is 5.91 Å². The maximum atomic E-state index is 12.8. The lowest BCUT2D eigenvalue weighted by Crippen LogP contribution is -2.49. The Morgan fingerprint density at radius 3 is 2.44 bits per heavy atom. The van der Waals surface area contributed by atoms with Crippen molar-refractivity contribution in [1.82, 2.24) is 9.80 Å². The van der Waals surface area contributed by atoms with Crippen LogP contribution < -0.4 is 10.2 Å². The number of nitrogens with zero attached hydrogens (tertiary/aromatic N) is 3. The summed E-state index contributed by atoms with van der Waals surface area (Å²) >= 11 is 1.48. The number of urea groups is 2. The number of piperidine rings is 1. The van der Waals surface area contributed by atoms with E-state index in [1.807, 2.05) is 35.7 Å². The van der Waals surface area contributed by atoms with E-state index >= 15 is 0 Å². The zero-order chi connectivity index (χ0) is 18.8. The third kappa shape index (κ3) is 3.52. The first-order chi connectivity index (χ1) is 13.1. The average Bonchev–Trinajstić information content (AvgIpc) is 3.30. The Kier molecular flexibility index (Phi) is 4.81. The SMILES string of the molecule is O=C(Nc1cccs1)N1CCC(N2CC(=O)N(c3ccccc3)C2=O)CC1. The molecule has 0 atom stereocenters. The number of amides is 5. The molecule has 0 radical (unpaired) electrons. The lowest BCUT2D eigenvalue weighted by atomic mass is 10.0. The summed E-state index contributed by atoms with van der Waals surface area (Å²) in [5, 5.41) is 5.62. The number of hydrogen-bond acceptors (Lipinski definition) is 4. The fraction of sp³-hybridized carbons (Fsp3) is 0.316. The smallest absolute Gasteiger partial charge is 0.324 e. The van der Waals surface area contributed by atoms with E-state index in [-0.39, 0.29) is 30.6 Å². The van der Waals surface area contributed by atoms with Gasteiger partial charge in [0.05, 0.1) is 10.7 Å². The predicted octanol–water partition coefficient (Wildman–Crippen LogP) is 3.21. The molecule has 5 amide bonds. The summed E-state index contributed by atoms with van der Waals surface area (Å²) in [5.74, 6) is -0.205. The van der Waals surface area contributed by atoms with Gasteiger partial charge in [0, 0.05) is 19.1 Å². The van der Waals surface area contributed by atoms with Gasteiger partial charge in [-0.25, -0.2) is 14.5 Å². The van der Waals surface area contributed by atoms with Crippen molar-refractivity contribution in [2.45, 2.75) is 18.9 Å². The van der Waals surface area contributed by atoms with Crippen LogP contribution in [0.25, 0.3) is 0 Å². The third-order valence-corrected chi connectivity index (χ3v) is 5.74. The fourth-order valence-corrected chi connectivity index (χ4v) is 4.16. The van der Waals surface area contributed by atoms with Crippen LogP contribution in [0.1, 0.15) is 12.8 Å². The number of thiophene rings is 1.